The molecule has 4 heterocycles. The second kappa shape index (κ2) is 7.15. The van der Waals surface area contributed by atoms with E-state index in [4.69, 9.17) is 9.72 Å². The van der Waals surface area contributed by atoms with Crippen LogP contribution in [-0.2, 0) is 4.74 Å². The minimum atomic E-state index is -0.494. The van der Waals surface area contributed by atoms with Gasteiger partial charge in [0.2, 0.25) is 0 Å². The lowest BCUT2D eigenvalue weighted by Gasteiger charge is -2.23. The Morgan fingerprint density at radius 3 is 2.62 bits per heavy atom. The molecule has 2 saturated heterocycles. The Morgan fingerprint density at radius 1 is 1.08 bits per heavy atom. The Hall–Kier alpha value is -2.90. The molecule has 2 aliphatic heterocycles. The van der Waals surface area contributed by atoms with Crippen LogP contribution in [0.25, 0.3) is 5.65 Å². The summed E-state index contributed by atoms with van der Waals surface area (Å²) < 4.78 is 6.39. The van der Waals surface area contributed by atoms with Crippen molar-refractivity contribution >= 4 is 23.8 Å². The summed E-state index contributed by atoms with van der Waals surface area (Å²) in [6.07, 6.45) is 7.17. The highest BCUT2D eigenvalue weighted by Crippen LogP contribution is 2.20. The quantitative estimate of drug-likeness (QED) is 0.785. The van der Waals surface area contributed by atoms with Crippen molar-refractivity contribution in [3.05, 3.63) is 40.3 Å². The van der Waals surface area contributed by atoms with E-state index in [-0.39, 0.29) is 5.56 Å². The van der Waals surface area contributed by atoms with E-state index in [9.17, 15) is 9.59 Å². The maximum atomic E-state index is 13.0. The minimum Gasteiger partial charge on any atom is -0.446 e. The summed E-state index contributed by atoms with van der Waals surface area (Å²) in [6.45, 7) is 2.42. The van der Waals surface area contributed by atoms with E-state index in [2.05, 4.69) is 10.0 Å². The van der Waals surface area contributed by atoms with Crippen molar-refractivity contribution in [2.24, 2.45) is 5.10 Å². The topological polar surface area (TPSA) is 79.5 Å². The number of nitrogens with zero attached hydrogens (tertiary/aromatic N) is 5. The Kier molecular flexibility index (Phi) is 4.55. The molecule has 2 aliphatic rings. The number of aromatic nitrogens is 2. The van der Waals surface area contributed by atoms with E-state index in [0.29, 0.717) is 30.2 Å². The highest BCUT2D eigenvalue weighted by atomic mass is 16.6. The number of cyclic esters (lactones) is 1. The normalized spacial score (nSPS) is 18.5. The lowest BCUT2D eigenvalue weighted by molar-refractivity contribution is 0.159. The average Bonchev–Trinajstić information content (AvgIpc) is 2.90. The average molecular weight is 355 g/mol. The Bertz CT molecular complexity index is 899. The molecule has 0 aromatic carbocycles. The third-order valence-corrected chi connectivity index (χ3v) is 4.72. The molecular formula is C18H21N5O3. The SMILES string of the molecule is O=C1OCCN1/N=C/c1c(N2CCCCCC2)nc2ccccn2c1=O. The highest BCUT2D eigenvalue weighted by molar-refractivity contribution is 5.87. The van der Waals surface area contributed by atoms with Gasteiger partial charge in [0.05, 0.1) is 12.8 Å². The van der Waals surface area contributed by atoms with E-state index in [1.54, 1.807) is 12.3 Å². The van der Waals surface area contributed by atoms with Crippen molar-refractivity contribution in [1.29, 1.82) is 0 Å². The molecule has 1 amide bonds. The van der Waals surface area contributed by atoms with Gasteiger partial charge in [0.25, 0.3) is 5.56 Å². The van der Waals surface area contributed by atoms with E-state index in [0.717, 1.165) is 25.9 Å². The van der Waals surface area contributed by atoms with Crippen molar-refractivity contribution in [2.45, 2.75) is 25.7 Å². The number of carbonyl (C=O) groups excluding carboxylic acids is 1. The van der Waals surface area contributed by atoms with Gasteiger partial charge in [-0.1, -0.05) is 18.9 Å². The van der Waals surface area contributed by atoms with E-state index >= 15 is 0 Å². The molecule has 0 atom stereocenters. The van der Waals surface area contributed by atoms with E-state index in [1.165, 1.54) is 28.5 Å². The first-order valence-corrected chi connectivity index (χ1v) is 8.99. The van der Waals surface area contributed by atoms with Crippen LogP contribution in [0.1, 0.15) is 31.2 Å². The summed E-state index contributed by atoms with van der Waals surface area (Å²) in [5.74, 6) is 0.638. The van der Waals surface area contributed by atoms with Crippen LogP contribution < -0.4 is 10.5 Å². The van der Waals surface area contributed by atoms with Crippen molar-refractivity contribution in [1.82, 2.24) is 14.4 Å². The van der Waals surface area contributed by atoms with Crippen LogP contribution in [0, 0.1) is 0 Å². The maximum absolute atomic E-state index is 13.0. The molecule has 4 rings (SSSR count). The van der Waals surface area contributed by atoms with Crippen LogP contribution in [-0.4, -0.2) is 52.9 Å². The molecule has 0 unspecified atom stereocenters. The Balaban J connectivity index is 1.80. The lowest BCUT2D eigenvalue weighted by Crippen LogP contribution is -2.31. The zero-order valence-corrected chi connectivity index (χ0v) is 14.5. The molecule has 136 valence electrons. The second-order valence-electron chi connectivity index (χ2n) is 6.47. The van der Waals surface area contributed by atoms with Gasteiger partial charge >= 0.3 is 6.09 Å². The number of fused-ring (bicyclic) bond motifs is 1. The predicted molar refractivity (Wildman–Crippen MR) is 97.8 cm³/mol. The first-order chi connectivity index (χ1) is 12.7. The molecule has 8 nitrogen and oxygen atoms in total. The molecule has 2 aromatic rings. The first-order valence-electron chi connectivity index (χ1n) is 8.99. The third-order valence-electron chi connectivity index (χ3n) is 4.72. The van der Waals surface area contributed by atoms with Gasteiger partial charge in [0.1, 0.15) is 23.6 Å². The number of hydrogen-bond acceptors (Lipinski definition) is 6. The summed E-state index contributed by atoms with van der Waals surface area (Å²) in [6, 6.07) is 5.48. The molecule has 2 fully saturated rings. The third kappa shape index (κ3) is 3.14. The summed E-state index contributed by atoms with van der Waals surface area (Å²) in [5, 5.41) is 5.40. The van der Waals surface area contributed by atoms with Gasteiger partial charge < -0.3 is 9.64 Å². The zero-order chi connectivity index (χ0) is 17.9. The molecule has 0 spiro atoms. The van der Waals surface area contributed by atoms with E-state index < -0.39 is 6.09 Å². The number of pyridine rings is 1. The molecule has 0 N–H and O–H groups in total. The molecule has 0 aliphatic carbocycles. The van der Waals surface area contributed by atoms with Gasteiger partial charge in [-0.3, -0.25) is 9.20 Å². The first kappa shape index (κ1) is 16.6. The molecule has 8 heteroatoms. The van der Waals surface area contributed by atoms with Gasteiger partial charge in [0.15, 0.2) is 0 Å². The van der Waals surface area contributed by atoms with Crippen LogP contribution in [0.4, 0.5) is 10.6 Å². The van der Waals surface area contributed by atoms with Crippen molar-refractivity contribution in [3.63, 3.8) is 0 Å². The van der Waals surface area contributed by atoms with Gasteiger partial charge in [-0.2, -0.15) is 10.1 Å². The second-order valence-corrected chi connectivity index (χ2v) is 6.47. The molecule has 0 saturated carbocycles. The summed E-state index contributed by atoms with van der Waals surface area (Å²) >= 11 is 0. The van der Waals surface area contributed by atoms with Crippen molar-refractivity contribution in [3.8, 4) is 0 Å². The lowest BCUT2D eigenvalue weighted by atomic mass is 10.2. The fraction of sp³-hybridized carbons (Fsp3) is 0.444. The van der Waals surface area contributed by atoms with Crippen LogP contribution in [0.3, 0.4) is 0 Å². The number of hydrogen-bond donors (Lipinski definition) is 0. The van der Waals surface area contributed by atoms with Crippen LogP contribution in [0.2, 0.25) is 0 Å². The minimum absolute atomic E-state index is 0.189. The van der Waals surface area contributed by atoms with Gasteiger partial charge in [-0.05, 0) is 25.0 Å². The molecule has 2 aromatic heterocycles. The maximum Gasteiger partial charge on any atom is 0.430 e. The van der Waals surface area contributed by atoms with Gasteiger partial charge in [-0.15, -0.1) is 0 Å². The fourth-order valence-corrected chi connectivity index (χ4v) is 3.35. The van der Waals surface area contributed by atoms with Crippen LogP contribution in [0.5, 0.6) is 0 Å². The highest BCUT2D eigenvalue weighted by Gasteiger charge is 2.22. The van der Waals surface area contributed by atoms with Crippen LogP contribution >= 0.6 is 0 Å². The fourth-order valence-electron chi connectivity index (χ4n) is 3.35. The van der Waals surface area contributed by atoms with Crippen molar-refractivity contribution in [2.75, 3.05) is 31.1 Å². The Labute approximate surface area is 150 Å². The number of rotatable bonds is 3. The van der Waals surface area contributed by atoms with Crippen LogP contribution in [0.15, 0.2) is 34.3 Å². The molecular weight excluding hydrogens is 334 g/mol. The molecule has 26 heavy (non-hydrogen) atoms. The number of amides is 1. The van der Waals surface area contributed by atoms with Crippen molar-refractivity contribution < 1.29 is 9.53 Å². The monoisotopic (exact) mass is 355 g/mol. The standard InChI is InChI=1S/C18H21N5O3/c24-17-14(13-19-23-11-12-26-18(23)25)16(21-8-4-1-2-5-9-21)20-15-7-3-6-10-22(15)17/h3,6-7,10,13H,1-2,4-5,8-9,11-12H2/b19-13+. The summed E-state index contributed by atoms with van der Waals surface area (Å²) in [7, 11) is 0. The molecule has 0 radical (unpaired) electrons. The van der Waals surface area contributed by atoms with Gasteiger partial charge in [0, 0.05) is 19.3 Å². The largest absolute Gasteiger partial charge is 0.446 e. The summed E-state index contributed by atoms with van der Waals surface area (Å²) in [5.41, 5.74) is 0.816. The van der Waals surface area contributed by atoms with E-state index in [1.807, 2.05) is 12.1 Å². The summed E-state index contributed by atoms with van der Waals surface area (Å²) in [4.78, 5) is 31.5. The number of anilines is 1. The zero-order valence-electron chi connectivity index (χ0n) is 14.5. The molecule has 0 bridgehead atoms. The number of carbonyl (C=O) groups is 1. The smallest absolute Gasteiger partial charge is 0.430 e. The predicted octanol–water partition coefficient (Wildman–Crippen LogP) is 1.86. The number of ether oxygens (including phenoxy) is 1. The van der Waals surface area contributed by atoms with Gasteiger partial charge in [-0.25, -0.2) is 9.78 Å². The number of hydrazone groups is 1. The Morgan fingerprint density at radius 2 is 1.88 bits per heavy atom.